The van der Waals surface area contributed by atoms with E-state index in [1.807, 2.05) is 6.07 Å². The van der Waals surface area contributed by atoms with Gasteiger partial charge in [-0.3, -0.25) is 19.3 Å². The molecule has 1 aromatic carbocycles. The molecule has 3 amide bonds. The molecule has 2 aromatic rings. The van der Waals surface area contributed by atoms with Gasteiger partial charge in [0.1, 0.15) is 6.54 Å². The van der Waals surface area contributed by atoms with Gasteiger partial charge in [0, 0.05) is 41.7 Å². The minimum atomic E-state index is -0.409. The third-order valence-corrected chi connectivity index (χ3v) is 6.97. The van der Waals surface area contributed by atoms with Crippen LogP contribution < -0.4 is 0 Å². The number of ether oxygens (including phenoxy) is 1. The number of aromatic nitrogens is 1. The Kier molecular flexibility index (Phi) is 4.79. The molecule has 5 rings (SSSR count). The number of amides is 3. The summed E-state index contributed by atoms with van der Waals surface area (Å²) in [4.78, 5) is 56.6. The molecule has 2 fully saturated rings. The first-order valence-corrected chi connectivity index (χ1v) is 10.8. The van der Waals surface area contributed by atoms with Crippen molar-refractivity contribution in [1.82, 2.24) is 14.8 Å². The predicted octanol–water partition coefficient (Wildman–Crippen LogP) is 2.01. The van der Waals surface area contributed by atoms with Gasteiger partial charge in [0.05, 0.1) is 24.5 Å². The second-order valence-electron chi connectivity index (χ2n) is 8.66. The topological polar surface area (TPSA) is 99.8 Å². The van der Waals surface area contributed by atoms with Crippen molar-refractivity contribution >= 4 is 34.6 Å². The zero-order chi connectivity index (χ0) is 21.7. The van der Waals surface area contributed by atoms with Gasteiger partial charge in [0.2, 0.25) is 17.7 Å². The standard InChI is InChI=1S/C23H25N3O5/c1-31-23(30)13-6-7-18-16(10-13)17-11-25(9-8-19(17)24-18)20(27)12-26-21(28)14-4-2-3-5-15(14)22(26)29/h6-7,10,14-15,24H,2-5,8-9,11-12H2,1H3. The molecule has 0 spiro atoms. The van der Waals surface area contributed by atoms with E-state index in [9.17, 15) is 19.2 Å². The van der Waals surface area contributed by atoms with Gasteiger partial charge in [-0.15, -0.1) is 0 Å². The number of fused-ring (bicyclic) bond motifs is 4. The van der Waals surface area contributed by atoms with Gasteiger partial charge in [0.25, 0.3) is 0 Å². The zero-order valence-electron chi connectivity index (χ0n) is 17.5. The second kappa shape index (κ2) is 7.51. The minimum Gasteiger partial charge on any atom is -0.465 e. The number of nitrogens with one attached hydrogen (secondary N) is 1. The fraction of sp³-hybridized carbons (Fsp3) is 0.478. The van der Waals surface area contributed by atoms with E-state index >= 15 is 0 Å². The molecule has 2 unspecified atom stereocenters. The van der Waals surface area contributed by atoms with E-state index in [-0.39, 0.29) is 36.1 Å². The summed E-state index contributed by atoms with van der Waals surface area (Å²) in [5.74, 6) is -1.48. The summed E-state index contributed by atoms with van der Waals surface area (Å²) in [6.45, 7) is 0.712. The van der Waals surface area contributed by atoms with E-state index in [0.717, 1.165) is 47.8 Å². The molecule has 3 heterocycles. The maximum absolute atomic E-state index is 13.0. The second-order valence-corrected chi connectivity index (χ2v) is 8.66. The Bertz CT molecular complexity index is 1080. The van der Waals surface area contributed by atoms with Crippen LogP contribution in [0, 0.1) is 11.8 Å². The SMILES string of the molecule is COC(=O)c1ccc2[nH]c3c(c2c1)CN(C(=O)CN1C(=O)C2CCCCC2C1=O)CC3. The van der Waals surface area contributed by atoms with Gasteiger partial charge in [-0.1, -0.05) is 12.8 Å². The Labute approximate surface area is 179 Å². The van der Waals surface area contributed by atoms with Crippen LogP contribution in [0.2, 0.25) is 0 Å². The van der Waals surface area contributed by atoms with Crippen LogP contribution in [0.5, 0.6) is 0 Å². The summed E-state index contributed by atoms with van der Waals surface area (Å²) in [6.07, 6.45) is 4.06. The third-order valence-electron chi connectivity index (χ3n) is 6.97. The first kappa shape index (κ1) is 19.8. The van der Waals surface area contributed by atoms with E-state index in [4.69, 9.17) is 4.74 Å². The van der Waals surface area contributed by atoms with E-state index in [1.54, 1.807) is 17.0 Å². The van der Waals surface area contributed by atoms with Crippen molar-refractivity contribution in [2.45, 2.75) is 38.6 Å². The highest BCUT2D eigenvalue weighted by Crippen LogP contribution is 2.38. The molecular weight excluding hydrogens is 398 g/mol. The Morgan fingerprint density at radius 2 is 1.84 bits per heavy atom. The summed E-state index contributed by atoms with van der Waals surface area (Å²) >= 11 is 0. The number of rotatable bonds is 3. The Hall–Kier alpha value is -3.16. The maximum atomic E-state index is 13.0. The van der Waals surface area contributed by atoms with Crippen LogP contribution >= 0.6 is 0 Å². The molecule has 3 aliphatic rings. The number of nitrogens with zero attached hydrogens (tertiary/aromatic N) is 2. The highest BCUT2D eigenvalue weighted by atomic mass is 16.5. The molecule has 2 aliphatic heterocycles. The fourth-order valence-electron chi connectivity index (χ4n) is 5.29. The Morgan fingerprint density at radius 3 is 2.52 bits per heavy atom. The molecule has 31 heavy (non-hydrogen) atoms. The van der Waals surface area contributed by atoms with E-state index in [0.29, 0.717) is 25.1 Å². The number of aromatic amines is 1. The summed E-state index contributed by atoms with van der Waals surface area (Å²) in [5.41, 5.74) is 3.37. The van der Waals surface area contributed by atoms with Crippen LogP contribution in [-0.4, -0.2) is 58.7 Å². The number of H-pyrrole nitrogens is 1. The number of imide groups is 1. The van der Waals surface area contributed by atoms with Crippen molar-refractivity contribution in [3.8, 4) is 0 Å². The molecule has 1 saturated carbocycles. The van der Waals surface area contributed by atoms with E-state index in [1.165, 1.54) is 12.0 Å². The highest BCUT2D eigenvalue weighted by Gasteiger charge is 2.48. The molecule has 2 atom stereocenters. The molecule has 1 aromatic heterocycles. The first-order chi connectivity index (χ1) is 15.0. The van der Waals surface area contributed by atoms with Crippen LogP contribution in [-0.2, 0) is 32.1 Å². The molecular formula is C23H25N3O5. The zero-order valence-corrected chi connectivity index (χ0v) is 17.5. The van der Waals surface area contributed by atoms with Crippen LogP contribution in [0.25, 0.3) is 10.9 Å². The lowest BCUT2D eigenvalue weighted by Gasteiger charge is -2.28. The number of carbonyl (C=O) groups excluding carboxylic acids is 4. The van der Waals surface area contributed by atoms with Gasteiger partial charge in [0.15, 0.2) is 0 Å². The van der Waals surface area contributed by atoms with E-state index < -0.39 is 5.97 Å². The molecule has 1 aliphatic carbocycles. The molecule has 8 heteroatoms. The smallest absolute Gasteiger partial charge is 0.337 e. The Balaban J connectivity index is 1.35. The molecule has 0 bridgehead atoms. The lowest BCUT2D eigenvalue weighted by molar-refractivity contribution is -0.146. The van der Waals surface area contributed by atoms with Crippen molar-refractivity contribution < 1.29 is 23.9 Å². The fourth-order valence-corrected chi connectivity index (χ4v) is 5.29. The lowest BCUT2D eigenvalue weighted by Crippen LogP contribution is -2.44. The van der Waals surface area contributed by atoms with Crippen molar-refractivity contribution in [1.29, 1.82) is 0 Å². The van der Waals surface area contributed by atoms with Crippen LogP contribution in [0.4, 0.5) is 0 Å². The first-order valence-electron chi connectivity index (χ1n) is 10.8. The van der Waals surface area contributed by atoms with Gasteiger partial charge in [-0.2, -0.15) is 0 Å². The average Bonchev–Trinajstić information content (AvgIpc) is 3.28. The Morgan fingerprint density at radius 1 is 1.13 bits per heavy atom. The number of hydrogen-bond donors (Lipinski definition) is 1. The maximum Gasteiger partial charge on any atom is 0.337 e. The van der Waals surface area contributed by atoms with Gasteiger partial charge >= 0.3 is 5.97 Å². The average molecular weight is 423 g/mol. The summed E-state index contributed by atoms with van der Waals surface area (Å²) in [5, 5.41) is 0.884. The van der Waals surface area contributed by atoms with Crippen molar-refractivity contribution in [2.75, 3.05) is 20.2 Å². The lowest BCUT2D eigenvalue weighted by atomic mass is 9.81. The predicted molar refractivity (Wildman–Crippen MR) is 111 cm³/mol. The quantitative estimate of drug-likeness (QED) is 0.601. The van der Waals surface area contributed by atoms with Crippen LogP contribution in [0.1, 0.15) is 47.3 Å². The van der Waals surface area contributed by atoms with Gasteiger partial charge in [-0.05, 0) is 31.0 Å². The van der Waals surface area contributed by atoms with Gasteiger partial charge < -0.3 is 14.6 Å². The molecule has 162 valence electrons. The highest BCUT2D eigenvalue weighted by molar-refractivity contribution is 6.07. The van der Waals surface area contributed by atoms with Crippen molar-refractivity contribution in [3.05, 3.63) is 35.0 Å². The largest absolute Gasteiger partial charge is 0.465 e. The number of hydrogen-bond acceptors (Lipinski definition) is 5. The minimum absolute atomic E-state index is 0.185. The molecule has 1 N–H and O–H groups in total. The molecule has 0 radical (unpaired) electrons. The van der Waals surface area contributed by atoms with Crippen LogP contribution in [0.15, 0.2) is 18.2 Å². The number of carbonyl (C=O) groups is 4. The van der Waals surface area contributed by atoms with E-state index in [2.05, 4.69) is 4.98 Å². The summed E-state index contributed by atoms with van der Waals surface area (Å²) in [7, 11) is 1.34. The van der Waals surface area contributed by atoms with Crippen molar-refractivity contribution in [2.24, 2.45) is 11.8 Å². The summed E-state index contributed by atoms with van der Waals surface area (Å²) < 4.78 is 4.82. The molecule has 8 nitrogen and oxygen atoms in total. The third kappa shape index (κ3) is 3.21. The normalized spacial score (nSPS) is 23.1. The number of likely N-dealkylation sites (tertiary alicyclic amines) is 1. The molecule has 1 saturated heterocycles. The van der Waals surface area contributed by atoms with Gasteiger partial charge in [-0.25, -0.2) is 4.79 Å². The monoisotopic (exact) mass is 423 g/mol. The summed E-state index contributed by atoms with van der Waals surface area (Å²) in [6, 6.07) is 5.33. The van der Waals surface area contributed by atoms with Crippen molar-refractivity contribution in [3.63, 3.8) is 0 Å². The number of methoxy groups -OCH3 is 1. The van der Waals surface area contributed by atoms with Crippen LogP contribution in [0.3, 0.4) is 0 Å². The number of benzene rings is 1. The number of esters is 1.